The fourth-order valence-electron chi connectivity index (χ4n) is 3.81. The van der Waals surface area contributed by atoms with Gasteiger partial charge in [0.15, 0.2) is 5.58 Å². The van der Waals surface area contributed by atoms with Crippen molar-refractivity contribution in [3.8, 4) is 0 Å². The van der Waals surface area contributed by atoms with Crippen molar-refractivity contribution in [1.29, 1.82) is 0 Å². The van der Waals surface area contributed by atoms with Crippen molar-refractivity contribution in [3.05, 3.63) is 70.7 Å². The standard InChI is InChI=1S/C21H23N3O3/c25-20(15-24-18-8-4-5-9-19(18)27-21(24)26)22-17-10-12-23(13-11-17)14-16-6-2-1-3-7-16/h1-9,17H,10-15H2,(H,22,25)/p+1. The normalized spacial score (nSPS) is 19.9. The van der Waals surface area contributed by atoms with Gasteiger partial charge in [-0.2, -0.15) is 0 Å². The first-order chi connectivity index (χ1) is 13.2. The van der Waals surface area contributed by atoms with Gasteiger partial charge >= 0.3 is 5.76 Å². The van der Waals surface area contributed by atoms with Gasteiger partial charge in [-0.25, -0.2) is 4.79 Å². The van der Waals surface area contributed by atoms with Crippen molar-refractivity contribution in [1.82, 2.24) is 9.88 Å². The van der Waals surface area contributed by atoms with Gasteiger partial charge in [0.25, 0.3) is 0 Å². The van der Waals surface area contributed by atoms with E-state index >= 15 is 0 Å². The van der Waals surface area contributed by atoms with E-state index in [1.165, 1.54) is 10.1 Å². The quantitative estimate of drug-likeness (QED) is 0.707. The van der Waals surface area contributed by atoms with Crippen molar-refractivity contribution in [3.63, 3.8) is 0 Å². The van der Waals surface area contributed by atoms with Gasteiger partial charge in [0, 0.05) is 24.4 Å². The zero-order chi connectivity index (χ0) is 18.6. The van der Waals surface area contributed by atoms with E-state index in [-0.39, 0.29) is 18.5 Å². The first-order valence-electron chi connectivity index (χ1n) is 9.44. The summed E-state index contributed by atoms with van der Waals surface area (Å²) in [5.41, 5.74) is 2.51. The number of aromatic nitrogens is 1. The summed E-state index contributed by atoms with van der Waals surface area (Å²) >= 11 is 0. The van der Waals surface area contributed by atoms with Crippen LogP contribution in [0.2, 0.25) is 0 Å². The minimum atomic E-state index is -0.492. The van der Waals surface area contributed by atoms with Crippen LogP contribution in [0.15, 0.2) is 63.8 Å². The summed E-state index contributed by atoms with van der Waals surface area (Å²) in [6.07, 6.45) is 1.91. The molecule has 4 rings (SSSR count). The monoisotopic (exact) mass is 366 g/mol. The number of oxazole rings is 1. The lowest BCUT2D eigenvalue weighted by molar-refractivity contribution is -0.918. The molecule has 1 aliphatic rings. The second-order valence-electron chi connectivity index (χ2n) is 7.18. The topological polar surface area (TPSA) is 68.7 Å². The molecule has 1 amide bonds. The van der Waals surface area contributed by atoms with Gasteiger partial charge in [0.05, 0.1) is 18.6 Å². The molecule has 0 bridgehead atoms. The number of nitrogens with one attached hydrogen (secondary N) is 2. The average molecular weight is 366 g/mol. The fourth-order valence-corrected chi connectivity index (χ4v) is 3.81. The summed E-state index contributed by atoms with van der Waals surface area (Å²) < 4.78 is 6.57. The first-order valence-corrected chi connectivity index (χ1v) is 9.44. The lowest BCUT2D eigenvalue weighted by Gasteiger charge is -2.29. The van der Waals surface area contributed by atoms with E-state index < -0.39 is 5.76 Å². The number of rotatable bonds is 5. The number of amides is 1. The largest absolute Gasteiger partial charge is 0.420 e. The number of nitrogens with zero attached hydrogens (tertiary/aromatic N) is 1. The molecule has 2 heterocycles. The van der Waals surface area contributed by atoms with E-state index in [0.29, 0.717) is 11.1 Å². The van der Waals surface area contributed by atoms with Gasteiger partial charge in [-0.3, -0.25) is 9.36 Å². The minimum absolute atomic E-state index is 0.00701. The Morgan fingerprint density at radius 3 is 2.56 bits per heavy atom. The molecule has 140 valence electrons. The third-order valence-electron chi connectivity index (χ3n) is 5.23. The van der Waals surface area contributed by atoms with Gasteiger partial charge in [-0.05, 0) is 12.1 Å². The number of likely N-dealkylation sites (tertiary alicyclic amines) is 1. The summed E-state index contributed by atoms with van der Waals surface area (Å²) in [5, 5.41) is 3.08. The summed E-state index contributed by atoms with van der Waals surface area (Å²) in [6.45, 7) is 3.09. The molecule has 1 aromatic heterocycles. The van der Waals surface area contributed by atoms with Gasteiger partial charge in [0.2, 0.25) is 5.91 Å². The van der Waals surface area contributed by atoms with Crippen LogP contribution in [-0.4, -0.2) is 29.6 Å². The van der Waals surface area contributed by atoms with E-state index in [9.17, 15) is 9.59 Å². The van der Waals surface area contributed by atoms with E-state index in [1.807, 2.05) is 12.1 Å². The Kier molecular flexibility index (Phi) is 5.07. The third kappa shape index (κ3) is 4.11. The number of piperidine rings is 1. The highest BCUT2D eigenvalue weighted by Gasteiger charge is 2.24. The van der Waals surface area contributed by atoms with Crippen LogP contribution >= 0.6 is 0 Å². The van der Waals surface area contributed by atoms with Crippen LogP contribution in [0.4, 0.5) is 0 Å². The molecule has 2 aromatic carbocycles. The minimum Gasteiger partial charge on any atom is -0.408 e. The molecular weight excluding hydrogens is 342 g/mol. The SMILES string of the molecule is O=C(Cn1c(=O)oc2ccccc21)NC1CC[NH+](Cc2ccccc2)CC1. The Balaban J connectivity index is 1.30. The Morgan fingerprint density at radius 1 is 1.07 bits per heavy atom. The van der Waals surface area contributed by atoms with Crippen LogP contribution in [0.25, 0.3) is 11.1 Å². The molecule has 6 heteroatoms. The predicted octanol–water partition coefficient (Wildman–Crippen LogP) is 0.958. The first kappa shape index (κ1) is 17.5. The maximum atomic E-state index is 12.4. The molecule has 1 fully saturated rings. The molecule has 0 spiro atoms. The second kappa shape index (κ2) is 7.80. The number of quaternary nitrogens is 1. The summed E-state index contributed by atoms with van der Waals surface area (Å²) in [5.74, 6) is -0.631. The number of hydrogen-bond donors (Lipinski definition) is 2. The summed E-state index contributed by atoms with van der Waals surface area (Å²) in [4.78, 5) is 26.0. The second-order valence-corrected chi connectivity index (χ2v) is 7.18. The Hall–Kier alpha value is -2.86. The number of fused-ring (bicyclic) bond motifs is 1. The van der Waals surface area contributed by atoms with Crippen LogP contribution in [-0.2, 0) is 17.9 Å². The number of carbonyl (C=O) groups excluding carboxylic acids is 1. The van der Waals surface area contributed by atoms with Crippen LogP contribution in [0.5, 0.6) is 0 Å². The van der Waals surface area contributed by atoms with E-state index in [0.717, 1.165) is 32.5 Å². The summed E-state index contributed by atoms with van der Waals surface area (Å²) in [6, 6.07) is 17.8. The molecule has 0 unspecified atom stereocenters. The average Bonchev–Trinajstić information content (AvgIpc) is 2.99. The molecule has 1 aliphatic heterocycles. The third-order valence-corrected chi connectivity index (χ3v) is 5.23. The number of carbonyl (C=O) groups is 1. The smallest absolute Gasteiger partial charge is 0.408 e. The zero-order valence-electron chi connectivity index (χ0n) is 15.2. The molecule has 0 radical (unpaired) electrons. The molecule has 0 aliphatic carbocycles. The van der Waals surface area contributed by atoms with Gasteiger partial charge in [-0.15, -0.1) is 0 Å². The van der Waals surface area contributed by atoms with Crippen LogP contribution in [0, 0.1) is 0 Å². The lowest BCUT2D eigenvalue weighted by Crippen LogP contribution is -3.12. The highest BCUT2D eigenvalue weighted by molar-refractivity contribution is 5.79. The van der Waals surface area contributed by atoms with Crippen LogP contribution in [0.1, 0.15) is 18.4 Å². The van der Waals surface area contributed by atoms with Gasteiger partial charge in [-0.1, -0.05) is 42.5 Å². The predicted molar refractivity (Wildman–Crippen MR) is 102 cm³/mol. The molecular formula is C21H24N3O3+. The highest BCUT2D eigenvalue weighted by atomic mass is 16.4. The van der Waals surface area contributed by atoms with Crippen LogP contribution in [0.3, 0.4) is 0 Å². The molecule has 3 aromatic rings. The Labute approximate surface area is 157 Å². The lowest BCUT2D eigenvalue weighted by atomic mass is 10.0. The van der Waals surface area contributed by atoms with Gasteiger partial charge < -0.3 is 14.6 Å². The van der Waals surface area contributed by atoms with E-state index in [4.69, 9.17) is 4.42 Å². The maximum absolute atomic E-state index is 12.4. The van der Waals surface area contributed by atoms with E-state index in [2.05, 4.69) is 29.6 Å². The number of hydrogen-bond acceptors (Lipinski definition) is 3. The molecule has 1 saturated heterocycles. The fraction of sp³-hybridized carbons (Fsp3) is 0.333. The molecule has 0 atom stereocenters. The Morgan fingerprint density at radius 2 is 1.78 bits per heavy atom. The van der Waals surface area contributed by atoms with Crippen LogP contribution < -0.4 is 16.0 Å². The highest BCUT2D eigenvalue weighted by Crippen LogP contribution is 2.11. The van der Waals surface area contributed by atoms with Crippen molar-refractivity contribution in [2.75, 3.05) is 13.1 Å². The van der Waals surface area contributed by atoms with Crippen molar-refractivity contribution < 1.29 is 14.1 Å². The molecule has 27 heavy (non-hydrogen) atoms. The van der Waals surface area contributed by atoms with Crippen molar-refractivity contribution in [2.45, 2.75) is 32.0 Å². The molecule has 2 N–H and O–H groups in total. The maximum Gasteiger partial charge on any atom is 0.420 e. The van der Waals surface area contributed by atoms with Crippen molar-refractivity contribution >= 4 is 17.0 Å². The van der Waals surface area contributed by atoms with Crippen molar-refractivity contribution in [2.24, 2.45) is 0 Å². The molecule has 6 nitrogen and oxygen atoms in total. The molecule has 0 saturated carbocycles. The zero-order valence-corrected chi connectivity index (χ0v) is 15.2. The number of para-hydroxylation sites is 2. The number of benzene rings is 2. The summed E-state index contributed by atoms with van der Waals surface area (Å²) in [7, 11) is 0. The van der Waals surface area contributed by atoms with E-state index in [1.54, 1.807) is 23.1 Å². The Bertz CT molecular complexity index is 969. The van der Waals surface area contributed by atoms with Gasteiger partial charge in [0.1, 0.15) is 13.1 Å².